The largest absolute Gasteiger partial charge is 0.309 e. The van der Waals surface area contributed by atoms with E-state index in [0.717, 1.165) is 43.3 Å². The van der Waals surface area contributed by atoms with Crippen molar-refractivity contribution in [3.63, 3.8) is 0 Å². The van der Waals surface area contributed by atoms with E-state index >= 15 is 0 Å². The zero-order valence-electron chi connectivity index (χ0n) is 13.4. The maximum atomic E-state index is 6.36. The lowest BCUT2D eigenvalue weighted by Gasteiger charge is -2.22. The highest BCUT2D eigenvalue weighted by Gasteiger charge is 2.19. The number of rotatable bonds is 9. The molecule has 0 saturated heterocycles. The Bertz CT molecular complexity index is 389. The first kappa shape index (κ1) is 17.4. The summed E-state index contributed by atoms with van der Waals surface area (Å²) in [5.74, 6) is 0. The Hall–Kier alpha value is -0.620. The van der Waals surface area contributed by atoms with Crippen LogP contribution in [0.25, 0.3) is 0 Å². The third-order valence-corrected chi connectivity index (χ3v) is 3.53. The average molecular weight is 302 g/mol. The summed E-state index contributed by atoms with van der Waals surface area (Å²) in [6.07, 6.45) is 2.78. The topological polar surface area (TPSA) is 36.3 Å². The predicted octanol–water partition coefficient (Wildman–Crippen LogP) is 1.70. The number of hydrogen-bond acceptors (Lipinski definition) is 4. The minimum Gasteiger partial charge on any atom is -0.309 e. The van der Waals surface area contributed by atoms with Gasteiger partial charge in [0, 0.05) is 6.54 Å². The fourth-order valence-corrected chi connectivity index (χ4v) is 2.43. The van der Waals surface area contributed by atoms with Crippen molar-refractivity contribution in [3.8, 4) is 0 Å². The summed E-state index contributed by atoms with van der Waals surface area (Å²) in [5.41, 5.74) is 1.11. The van der Waals surface area contributed by atoms with Crippen LogP contribution in [0.1, 0.15) is 25.1 Å². The molecule has 0 bridgehead atoms. The number of likely N-dealkylation sites (N-methyl/N-ethyl adjacent to an activating group) is 1. The molecule has 0 amide bonds. The molecule has 6 heteroatoms. The molecule has 20 heavy (non-hydrogen) atoms. The lowest BCUT2D eigenvalue weighted by atomic mass is 10.1. The molecule has 0 radical (unpaired) electrons. The maximum Gasteiger partial charge on any atom is 0.0834 e. The summed E-state index contributed by atoms with van der Waals surface area (Å²) in [6, 6.07) is 0.250. The van der Waals surface area contributed by atoms with Gasteiger partial charge < -0.3 is 15.1 Å². The van der Waals surface area contributed by atoms with Crippen molar-refractivity contribution in [2.24, 2.45) is 0 Å². The van der Waals surface area contributed by atoms with Gasteiger partial charge in [0.1, 0.15) is 0 Å². The van der Waals surface area contributed by atoms with E-state index in [1.165, 1.54) is 0 Å². The van der Waals surface area contributed by atoms with E-state index in [1.807, 2.05) is 4.68 Å². The Morgan fingerprint density at radius 3 is 2.45 bits per heavy atom. The molecule has 0 fully saturated rings. The molecule has 1 unspecified atom stereocenters. The molecule has 1 atom stereocenters. The molecule has 0 spiro atoms. The van der Waals surface area contributed by atoms with Gasteiger partial charge in [0.25, 0.3) is 0 Å². The van der Waals surface area contributed by atoms with Gasteiger partial charge in [0.05, 0.1) is 29.5 Å². The van der Waals surface area contributed by atoms with Crippen molar-refractivity contribution in [3.05, 3.63) is 16.9 Å². The van der Waals surface area contributed by atoms with Gasteiger partial charge in [-0.3, -0.25) is 4.68 Å². The minimum absolute atomic E-state index is 0.250. The fraction of sp³-hybridized carbons (Fsp3) is 0.786. The Morgan fingerprint density at radius 1 is 1.25 bits per heavy atom. The molecule has 0 aromatic carbocycles. The third-order valence-electron chi connectivity index (χ3n) is 3.24. The molecule has 0 saturated carbocycles. The van der Waals surface area contributed by atoms with Crippen molar-refractivity contribution >= 4 is 11.6 Å². The van der Waals surface area contributed by atoms with Crippen LogP contribution < -0.4 is 5.32 Å². The molecule has 116 valence electrons. The highest BCUT2D eigenvalue weighted by molar-refractivity contribution is 6.31. The molecule has 1 aromatic heterocycles. The zero-order chi connectivity index (χ0) is 15.1. The van der Waals surface area contributed by atoms with E-state index in [9.17, 15) is 0 Å². The van der Waals surface area contributed by atoms with Crippen LogP contribution >= 0.6 is 11.6 Å². The molecule has 1 rings (SSSR count). The van der Waals surface area contributed by atoms with Gasteiger partial charge >= 0.3 is 0 Å². The first-order valence-electron chi connectivity index (χ1n) is 7.19. The summed E-state index contributed by atoms with van der Waals surface area (Å²) < 4.78 is 2.03. The lowest BCUT2D eigenvalue weighted by molar-refractivity contribution is 0.339. The molecule has 0 aliphatic rings. The van der Waals surface area contributed by atoms with Gasteiger partial charge in [0.15, 0.2) is 0 Å². The van der Waals surface area contributed by atoms with Gasteiger partial charge in [-0.05, 0) is 47.7 Å². The van der Waals surface area contributed by atoms with E-state index < -0.39 is 0 Å². The van der Waals surface area contributed by atoms with Gasteiger partial charge in [-0.1, -0.05) is 18.5 Å². The standard InChI is InChI=1S/C14H28ClN5/c1-6-16-13(7-8-18(2)3)14-12(15)11-17-20(14)10-9-19(4)5/h11,13,16H,6-10H2,1-5H3. The van der Waals surface area contributed by atoms with E-state index in [2.05, 4.69) is 55.3 Å². The first-order valence-corrected chi connectivity index (χ1v) is 7.57. The highest BCUT2D eigenvalue weighted by Crippen LogP contribution is 2.25. The van der Waals surface area contributed by atoms with E-state index in [4.69, 9.17) is 11.6 Å². The first-order chi connectivity index (χ1) is 9.45. The van der Waals surface area contributed by atoms with Crippen LogP contribution in [0.3, 0.4) is 0 Å². The normalized spacial score (nSPS) is 13.4. The number of halogens is 1. The number of nitrogens with one attached hydrogen (secondary N) is 1. The second-order valence-electron chi connectivity index (χ2n) is 5.61. The summed E-state index contributed by atoms with van der Waals surface area (Å²) in [6.45, 7) is 5.88. The van der Waals surface area contributed by atoms with Crippen LogP contribution in [0.4, 0.5) is 0 Å². The van der Waals surface area contributed by atoms with E-state index in [0.29, 0.717) is 0 Å². The number of aromatic nitrogens is 2. The number of hydrogen-bond donors (Lipinski definition) is 1. The summed E-state index contributed by atoms with van der Waals surface area (Å²) in [7, 11) is 8.32. The van der Waals surface area contributed by atoms with Gasteiger partial charge in [-0.25, -0.2) is 0 Å². The molecule has 1 N–H and O–H groups in total. The van der Waals surface area contributed by atoms with Crippen molar-refractivity contribution in [2.75, 3.05) is 47.8 Å². The molecule has 5 nitrogen and oxygen atoms in total. The highest BCUT2D eigenvalue weighted by atomic mass is 35.5. The SMILES string of the molecule is CCNC(CCN(C)C)c1c(Cl)cnn1CCN(C)C. The second kappa shape index (κ2) is 8.62. The quantitative estimate of drug-likeness (QED) is 0.753. The van der Waals surface area contributed by atoms with E-state index in [1.54, 1.807) is 6.20 Å². The Kier molecular flexibility index (Phi) is 7.51. The predicted molar refractivity (Wildman–Crippen MR) is 85.4 cm³/mol. The fourth-order valence-electron chi connectivity index (χ4n) is 2.16. The molecule has 0 aliphatic carbocycles. The molecule has 1 heterocycles. The van der Waals surface area contributed by atoms with Crippen LogP contribution in [-0.2, 0) is 6.54 Å². The number of nitrogens with zero attached hydrogens (tertiary/aromatic N) is 4. The second-order valence-corrected chi connectivity index (χ2v) is 6.01. The molecule has 1 aromatic rings. The van der Waals surface area contributed by atoms with Crippen molar-refractivity contribution in [1.29, 1.82) is 0 Å². The average Bonchev–Trinajstić information content (AvgIpc) is 2.73. The smallest absolute Gasteiger partial charge is 0.0834 e. The van der Waals surface area contributed by atoms with Crippen LogP contribution in [0.15, 0.2) is 6.20 Å². The summed E-state index contributed by atoms with van der Waals surface area (Å²) >= 11 is 6.36. The molecular formula is C14H28ClN5. The monoisotopic (exact) mass is 301 g/mol. The summed E-state index contributed by atoms with van der Waals surface area (Å²) in [4.78, 5) is 4.35. The summed E-state index contributed by atoms with van der Waals surface area (Å²) in [5, 5.41) is 8.70. The molecule has 0 aliphatic heterocycles. The van der Waals surface area contributed by atoms with Crippen molar-refractivity contribution in [2.45, 2.75) is 25.9 Å². The van der Waals surface area contributed by atoms with Crippen LogP contribution in [-0.4, -0.2) is 67.4 Å². The Balaban J connectivity index is 2.84. The zero-order valence-corrected chi connectivity index (χ0v) is 14.1. The maximum absolute atomic E-state index is 6.36. The molecular weight excluding hydrogens is 274 g/mol. The minimum atomic E-state index is 0.250. The van der Waals surface area contributed by atoms with Gasteiger partial charge in [0.2, 0.25) is 0 Å². The van der Waals surface area contributed by atoms with Crippen LogP contribution in [0, 0.1) is 0 Å². The van der Waals surface area contributed by atoms with Gasteiger partial charge in [-0.15, -0.1) is 0 Å². The third kappa shape index (κ3) is 5.40. The lowest BCUT2D eigenvalue weighted by Crippen LogP contribution is -2.29. The Labute approximate surface area is 127 Å². The van der Waals surface area contributed by atoms with Crippen molar-refractivity contribution in [1.82, 2.24) is 24.9 Å². The van der Waals surface area contributed by atoms with E-state index in [-0.39, 0.29) is 6.04 Å². The Morgan fingerprint density at radius 2 is 1.90 bits per heavy atom. The van der Waals surface area contributed by atoms with Crippen LogP contribution in [0.2, 0.25) is 5.02 Å². The van der Waals surface area contributed by atoms with Crippen molar-refractivity contribution < 1.29 is 0 Å². The van der Waals surface area contributed by atoms with Gasteiger partial charge in [-0.2, -0.15) is 5.10 Å². The van der Waals surface area contributed by atoms with Crippen LogP contribution in [0.5, 0.6) is 0 Å².